The summed E-state index contributed by atoms with van der Waals surface area (Å²) in [6.07, 6.45) is 6.27. The number of likely N-dealkylation sites (tertiary alicyclic amines) is 1. The summed E-state index contributed by atoms with van der Waals surface area (Å²) in [6.45, 7) is 2.97. The molecule has 0 spiro atoms. The number of amides is 2. The molecule has 1 N–H and O–H groups in total. The van der Waals surface area contributed by atoms with Gasteiger partial charge in [-0.2, -0.15) is 0 Å². The van der Waals surface area contributed by atoms with Crippen molar-refractivity contribution >= 4 is 17.5 Å². The maximum atomic E-state index is 12.8. The van der Waals surface area contributed by atoms with Crippen LogP contribution in [0.4, 0.5) is 5.69 Å². The third kappa shape index (κ3) is 3.56. The Morgan fingerprint density at radius 3 is 2.72 bits per heavy atom. The number of benzene rings is 1. The number of nitrogens with zero attached hydrogens (tertiary/aromatic N) is 2. The van der Waals surface area contributed by atoms with Crippen molar-refractivity contribution in [1.82, 2.24) is 10.2 Å². The monoisotopic (exact) mass is 341 g/mol. The van der Waals surface area contributed by atoms with E-state index < -0.39 is 0 Å². The van der Waals surface area contributed by atoms with E-state index in [0.717, 1.165) is 57.4 Å². The van der Waals surface area contributed by atoms with Crippen LogP contribution in [0.15, 0.2) is 24.3 Å². The van der Waals surface area contributed by atoms with Gasteiger partial charge in [0.25, 0.3) is 0 Å². The number of carbonyl (C=O) groups excluding carboxylic acids is 2. The summed E-state index contributed by atoms with van der Waals surface area (Å²) in [4.78, 5) is 29.1. The highest BCUT2D eigenvalue weighted by molar-refractivity contribution is 5.96. The van der Waals surface area contributed by atoms with Crippen LogP contribution in [0.1, 0.15) is 37.7 Å². The molecule has 0 bridgehead atoms. The van der Waals surface area contributed by atoms with Crippen molar-refractivity contribution in [3.05, 3.63) is 29.8 Å². The van der Waals surface area contributed by atoms with E-state index in [1.807, 2.05) is 23.1 Å². The third-order valence-electron chi connectivity index (χ3n) is 5.87. The van der Waals surface area contributed by atoms with Crippen LogP contribution in [0.3, 0.4) is 0 Å². The average molecular weight is 341 g/mol. The fraction of sp³-hybridized carbons (Fsp3) is 0.600. The van der Waals surface area contributed by atoms with Crippen molar-refractivity contribution in [3.63, 3.8) is 0 Å². The van der Waals surface area contributed by atoms with Gasteiger partial charge in [0.2, 0.25) is 11.8 Å². The molecule has 2 fully saturated rings. The number of hydrogen-bond donors (Lipinski definition) is 1. The lowest BCUT2D eigenvalue weighted by Gasteiger charge is -2.35. The second-order valence-corrected chi connectivity index (χ2v) is 7.63. The Kier molecular flexibility index (Phi) is 4.75. The van der Waals surface area contributed by atoms with E-state index in [2.05, 4.69) is 16.3 Å². The van der Waals surface area contributed by atoms with Crippen molar-refractivity contribution in [2.75, 3.05) is 31.1 Å². The minimum atomic E-state index is 0.177. The van der Waals surface area contributed by atoms with Crippen molar-refractivity contribution < 1.29 is 9.59 Å². The van der Waals surface area contributed by atoms with Crippen LogP contribution in [0.5, 0.6) is 0 Å². The summed E-state index contributed by atoms with van der Waals surface area (Å²) in [5.74, 6) is 0.631. The predicted molar refractivity (Wildman–Crippen MR) is 97.4 cm³/mol. The maximum Gasteiger partial charge on any atom is 0.241 e. The zero-order chi connectivity index (χ0) is 17.2. The number of fused-ring (bicyclic) bond motifs is 1. The molecule has 2 heterocycles. The van der Waals surface area contributed by atoms with Gasteiger partial charge < -0.3 is 10.2 Å². The molecule has 4 rings (SSSR count). The molecule has 2 amide bonds. The first-order chi connectivity index (χ1) is 12.2. The SMILES string of the molecule is O=C(NC1CCCN(CC(=O)N2CCc3ccccc32)C1)C1CCC1. The molecule has 0 radical (unpaired) electrons. The summed E-state index contributed by atoms with van der Waals surface area (Å²) >= 11 is 0. The molecule has 1 aromatic rings. The summed E-state index contributed by atoms with van der Waals surface area (Å²) < 4.78 is 0. The van der Waals surface area contributed by atoms with E-state index in [4.69, 9.17) is 0 Å². The average Bonchev–Trinajstić information content (AvgIpc) is 2.97. The number of para-hydroxylation sites is 1. The Bertz CT molecular complexity index is 656. The van der Waals surface area contributed by atoms with Crippen LogP contribution in [0, 0.1) is 5.92 Å². The first-order valence-corrected chi connectivity index (χ1v) is 9.62. The molecule has 5 nitrogen and oxygen atoms in total. The second-order valence-electron chi connectivity index (χ2n) is 7.63. The number of hydrogen-bond acceptors (Lipinski definition) is 3. The highest BCUT2D eigenvalue weighted by Crippen LogP contribution is 2.28. The lowest BCUT2D eigenvalue weighted by atomic mass is 9.84. The number of carbonyl (C=O) groups is 2. The van der Waals surface area contributed by atoms with Gasteiger partial charge in [-0.1, -0.05) is 24.6 Å². The summed E-state index contributed by atoms with van der Waals surface area (Å²) in [7, 11) is 0. The predicted octanol–water partition coefficient (Wildman–Crippen LogP) is 1.96. The van der Waals surface area contributed by atoms with Crippen molar-refractivity contribution in [2.24, 2.45) is 5.92 Å². The number of nitrogens with one attached hydrogen (secondary N) is 1. The van der Waals surface area contributed by atoms with Gasteiger partial charge in [-0.05, 0) is 50.3 Å². The fourth-order valence-corrected chi connectivity index (χ4v) is 4.18. The van der Waals surface area contributed by atoms with Crippen LogP contribution < -0.4 is 10.2 Å². The van der Waals surface area contributed by atoms with Crippen LogP contribution in [-0.2, 0) is 16.0 Å². The molecule has 1 saturated carbocycles. The van der Waals surface area contributed by atoms with Crippen LogP contribution in [0.2, 0.25) is 0 Å². The zero-order valence-corrected chi connectivity index (χ0v) is 14.7. The molecule has 3 aliphatic rings. The highest BCUT2D eigenvalue weighted by Gasteiger charge is 2.30. The maximum absolute atomic E-state index is 12.8. The molecule has 1 atom stereocenters. The normalized spacial score (nSPS) is 23.8. The lowest BCUT2D eigenvalue weighted by Crippen LogP contribution is -2.52. The molecular formula is C20H27N3O2. The third-order valence-corrected chi connectivity index (χ3v) is 5.87. The molecular weight excluding hydrogens is 314 g/mol. The Balaban J connectivity index is 1.31. The van der Waals surface area contributed by atoms with Gasteiger partial charge >= 0.3 is 0 Å². The summed E-state index contributed by atoms with van der Waals surface area (Å²) in [6, 6.07) is 8.37. The van der Waals surface area contributed by atoms with E-state index in [1.54, 1.807) is 0 Å². The van der Waals surface area contributed by atoms with E-state index >= 15 is 0 Å². The first kappa shape index (κ1) is 16.6. The van der Waals surface area contributed by atoms with E-state index in [9.17, 15) is 9.59 Å². The lowest BCUT2D eigenvalue weighted by molar-refractivity contribution is -0.128. The summed E-state index contributed by atoms with van der Waals surface area (Å²) in [5.41, 5.74) is 2.33. The van der Waals surface area contributed by atoms with Gasteiger partial charge in [-0.3, -0.25) is 14.5 Å². The number of rotatable bonds is 4. The van der Waals surface area contributed by atoms with Crippen molar-refractivity contribution in [3.8, 4) is 0 Å². The van der Waals surface area contributed by atoms with Gasteiger partial charge in [0.05, 0.1) is 6.54 Å². The molecule has 0 aromatic heterocycles. The number of piperidine rings is 1. The smallest absolute Gasteiger partial charge is 0.241 e. The largest absolute Gasteiger partial charge is 0.352 e. The van der Waals surface area contributed by atoms with Crippen molar-refractivity contribution in [1.29, 1.82) is 0 Å². The molecule has 1 unspecified atom stereocenters. The highest BCUT2D eigenvalue weighted by atomic mass is 16.2. The van der Waals surface area contributed by atoms with Gasteiger partial charge in [-0.25, -0.2) is 0 Å². The Morgan fingerprint density at radius 1 is 1.08 bits per heavy atom. The molecule has 1 aliphatic carbocycles. The summed E-state index contributed by atoms with van der Waals surface area (Å²) in [5, 5.41) is 3.20. The Hall–Kier alpha value is -1.88. The van der Waals surface area contributed by atoms with Gasteiger partial charge in [-0.15, -0.1) is 0 Å². The Labute approximate surface area is 149 Å². The van der Waals surface area contributed by atoms with E-state index in [1.165, 1.54) is 12.0 Å². The minimum absolute atomic E-state index is 0.177. The van der Waals surface area contributed by atoms with Gasteiger partial charge in [0, 0.05) is 30.7 Å². The molecule has 5 heteroatoms. The van der Waals surface area contributed by atoms with Gasteiger partial charge in [0.15, 0.2) is 0 Å². The van der Waals surface area contributed by atoms with E-state index in [0.29, 0.717) is 6.54 Å². The van der Waals surface area contributed by atoms with Crippen LogP contribution in [-0.4, -0.2) is 48.9 Å². The van der Waals surface area contributed by atoms with Crippen LogP contribution in [0.25, 0.3) is 0 Å². The zero-order valence-electron chi connectivity index (χ0n) is 14.7. The first-order valence-electron chi connectivity index (χ1n) is 9.62. The molecule has 1 aromatic carbocycles. The molecule has 2 aliphatic heterocycles. The Morgan fingerprint density at radius 2 is 1.92 bits per heavy atom. The molecule has 134 valence electrons. The molecule has 25 heavy (non-hydrogen) atoms. The minimum Gasteiger partial charge on any atom is -0.352 e. The van der Waals surface area contributed by atoms with Gasteiger partial charge in [0.1, 0.15) is 0 Å². The van der Waals surface area contributed by atoms with Crippen molar-refractivity contribution in [2.45, 2.75) is 44.6 Å². The molecule has 1 saturated heterocycles. The van der Waals surface area contributed by atoms with Crippen LogP contribution >= 0.6 is 0 Å². The fourth-order valence-electron chi connectivity index (χ4n) is 4.18. The number of anilines is 1. The quantitative estimate of drug-likeness (QED) is 0.911. The second kappa shape index (κ2) is 7.16. The topological polar surface area (TPSA) is 52.7 Å². The van der Waals surface area contributed by atoms with E-state index in [-0.39, 0.29) is 23.8 Å². The standard InChI is InChI=1S/C20H27N3O2/c24-19(23-12-10-15-5-1-2-9-18(15)23)14-22-11-4-8-17(13-22)21-20(25)16-6-3-7-16/h1-2,5,9,16-17H,3-4,6-8,10-14H2,(H,21,25).